The Hall–Kier alpha value is -2.43. The van der Waals surface area contributed by atoms with Gasteiger partial charge in [0.15, 0.2) is 5.78 Å². The smallest absolute Gasteiger partial charge is 0.248 e. The van der Waals surface area contributed by atoms with E-state index in [0.29, 0.717) is 18.0 Å². The van der Waals surface area contributed by atoms with Gasteiger partial charge in [0, 0.05) is 22.9 Å². The van der Waals surface area contributed by atoms with Crippen LogP contribution in [0, 0.1) is 11.3 Å². The van der Waals surface area contributed by atoms with Crippen molar-refractivity contribution in [3.63, 3.8) is 0 Å². The van der Waals surface area contributed by atoms with Crippen molar-refractivity contribution in [3.8, 4) is 0 Å². The molecule has 1 unspecified atom stereocenters. The summed E-state index contributed by atoms with van der Waals surface area (Å²) < 4.78 is 0. The molecule has 1 heterocycles. The number of carbonyl (C=O) groups is 2. The van der Waals surface area contributed by atoms with Gasteiger partial charge in [-0.2, -0.15) is 0 Å². The molecule has 0 bridgehead atoms. The molecule has 0 aromatic heterocycles. The monoisotopic (exact) mass is 328 g/mol. The van der Waals surface area contributed by atoms with E-state index in [9.17, 15) is 9.59 Å². The first-order valence-electron chi connectivity index (χ1n) is 8.09. The Labute approximate surface area is 143 Å². The predicted octanol–water partition coefficient (Wildman–Crippen LogP) is 3.56. The Morgan fingerprint density at radius 2 is 1.83 bits per heavy atom. The first-order valence-corrected chi connectivity index (χ1v) is 8.09. The molecule has 1 aliphatic heterocycles. The molecule has 5 heteroatoms. The normalized spacial score (nSPS) is 19.4. The van der Waals surface area contributed by atoms with Crippen molar-refractivity contribution in [1.82, 2.24) is 0 Å². The first-order chi connectivity index (χ1) is 11.3. The number of ketones is 1. The summed E-state index contributed by atoms with van der Waals surface area (Å²) in [5.41, 5.74) is 1.45. The minimum absolute atomic E-state index is 0.252. The second-order valence-corrected chi connectivity index (χ2v) is 6.77. The van der Waals surface area contributed by atoms with Crippen molar-refractivity contribution >= 4 is 23.1 Å². The SMILES string of the molecule is CCO/N=C(/C)C1C(=O)C=C(C(C)(C)C)N(c2ccccc2)C1=O. The lowest BCUT2D eigenvalue weighted by Crippen LogP contribution is -2.48. The summed E-state index contributed by atoms with van der Waals surface area (Å²) in [6.45, 7) is 9.78. The van der Waals surface area contributed by atoms with Crippen LogP contribution in [0.2, 0.25) is 0 Å². The van der Waals surface area contributed by atoms with Crippen LogP contribution in [0.1, 0.15) is 34.6 Å². The molecule has 2 rings (SSSR count). The summed E-state index contributed by atoms with van der Waals surface area (Å²) in [6, 6.07) is 9.35. The molecule has 1 aromatic rings. The Balaban J connectivity index is 2.55. The molecule has 0 radical (unpaired) electrons. The minimum atomic E-state index is -0.942. The lowest BCUT2D eigenvalue weighted by Gasteiger charge is -2.38. The van der Waals surface area contributed by atoms with Gasteiger partial charge in [-0.1, -0.05) is 44.1 Å². The summed E-state index contributed by atoms with van der Waals surface area (Å²) in [7, 11) is 0. The summed E-state index contributed by atoms with van der Waals surface area (Å²) >= 11 is 0. The number of hydrogen-bond donors (Lipinski definition) is 0. The quantitative estimate of drug-likeness (QED) is 0.482. The Kier molecular flexibility index (Phi) is 5.22. The third-order valence-corrected chi connectivity index (χ3v) is 3.81. The number of oxime groups is 1. The summed E-state index contributed by atoms with van der Waals surface area (Å²) in [5, 5.41) is 3.90. The fourth-order valence-electron chi connectivity index (χ4n) is 2.65. The molecule has 0 saturated carbocycles. The molecule has 0 aliphatic carbocycles. The second-order valence-electron chi connectivity index (χ2n) is 6.77. The largest absolute Gasteiger partial charge is 0.396 e. The Morgan fingerprint density at radius 1 is 1.21 bits per heavy atom. The molecular weight excluding hydrogens is 304 g/mol. The van der Waals surface area contributed by atoms with E-state index in [1.165, 1.54) is 0 Å². The highest BCUT2D eigenvalue weighted by atomic mass is 16.6. The first kappa shape index (κ1) is 17.9. The second kappa shape index (κ2) is 6.99. The van der Waals surface area contributed by atoms with Crippen LogP contribution in [0.15, 0.2) is 47.3 Å². The van der Waals surface area contributed by atoms with E-state index in [0.717, 1.165) is 5.69 Å². The van der Waals surface area contributed by atoms with Crippen LogP contribution in [0.3, 0.4) is 0 Å². The average Bonchev–Trinajstić information content (AvgIpc) is 2.52. The molecule has 1 amide bonds. The standard InChI is InChI=1S/C19H24N2O3/c1-6-24-20-13(2)17-15(22)12-16(19(3,4)5)21(18(17)23)14-10-8-7-9-11-14/h7-12,17H,6H2,1-5H3/b20-13-. The van der Waals surface area contributed by atoms with Gasteiger partial charge in [0.25, 0.3) is 0 Å². The van der Waals surface area contributed by atoms with Gasteiger partial charge in [-0.3, -0.25) is 14.5 Å². The van der Waals surface area contributed by atoms with Gasteiger partial charge in [0.05, 0.1) is 5.71 Å². The number of allylic oxidation sites excluding steroid dienone is 2. The van der Waals surface area contributed by atoms with Crippen LogP contribution in [-0.2, 0) is 14.4 Å². The third-order valence-electron chi connectivity index (χ3n) is 3.81. The number of anilines is 1. The molecule has 128 valence electrons. The van der Waals surface area contributed by atoms with E-state index < -0.39 is 5.92 Å². The highest BCUT2D eigenvalue weighted by molar-refractivity contribution is 6.29. The number of para-hydroxylation sites is 1. The number of hydrogen-bond acceptors (Lipinski definition) is 4. The van der Waals surface area contributed by atoms with Crippen molar-refractivity contribution in [1.29, 1.82) is 0 Å². The van der Waals surface area contributed by atoms with Crippen LogP contribution in [0.5, 0.6) is 0 Å². The van der Waals surface area contributed by atoms with Crippen molar-refractivity contribution in [2.45, 2.75) is 34.6 Å². The van der Waals surface area contributed by atoms with E-state index >= 15 is 0 Å². The maximum absolute atomic E-state index is 13.1. The molecule has 0 saturated heterocycles. The van der Waals surface area contributed by atoms with Crippen molar-refractivity contribution in [3.05, 3.63) is 42.1 Å². The molecule has 0 N–H and O–H groups in total. The number of amides is 1. The molecule has 0 spiro atoms. The van der Waals surface area contributed by atoms with Gasteiger partial charge in [-0.15, -0.1) is 0 Å². The van der Waals surface area contributed by atoms with E-state index in [1.807, 2.05) is 51.1 Å². The van der Waals surface area contributed by atoms with Crippen molar-refractivity contribution in [2.24, 2.45) is 16.5 Å². The fraction of sp³-hybridized carbons (Fsp3) is 0.421. The van der Waals surface area contributed by atoms with Gasteiger partial charge in [0.1, 0.15) is 12.5 Å². The zero-order valence-electron chi connectivity index (χ0n) is 14.9. The zero-order chi connectivity index (χ0) is 17.9. The van der Waals surface area contributed by atoms with Crippen LogP contribution in [0.4, 0.5) is 5.69 Å². The molecular formula is C19H24N2O3. The van der Waals surface area contributed by atoms with E-state index in [4.69, 9.17) is 4.84 Å². The van der Waals surface area contributed by atoms with Crippen LogP contribution >= 0.6 is 0 Å². The molecule has 0 fully saturated rings. The van der Waals surface area contributed by atoms with E-state index in [-0.39, 0.29) is 17.1 Å². The highest BCUT2D eigenvalue weighted by Gasteiger charge is 2.42. The minimum Gasteiger partial charge on any atom is -0.396 e. The Morgan fingerprint density at radius 3 is 2.38 bits per heavy atom. The number of carbonyl (C=O) groups excluding carboxylic acids is 2. The van der Waals surface area contributed by atoms with E-state index in [1.54, 1.807) is 24.8 Å². The highest BCUT2D eigenvalue weighted by Crippen LogP contribution is 2.36. The topological polar surface area (TPSA) is 59.0 Å². The van der Waals surface area contributed by atoms with Crippen molar-refractivity contribution < 1.29 is 14.4 Å². The molecule has 5 nitrogen and oxygen atoms in total. The van der Waals surface area contributed by atoms with Gasteiger partial charge >= 0.3 is 0 Å². The van der Waals surface area contributed by atoms with Crippen LogP contribution in [0.25, 0.3) is 0 Å². The molecule has 1 aliphatic rings. The summed E-state index contributed by atoms with van der Waals surface area (Å²) in [6.07, 6.45) is 1.56. The lowest BCUT2D eigenvalue weighted by atomic mass is 9.83. The maximum atomic E-state index is 13.1. The summed E-state index contributed by atoms with van der Waals surface area (Å²) in [5.74, 6) is -1.49. The summed E-state index contributed by atoms with van der Waals surface area (Å²) in [4.78, 5) is 32.4. The predicted molar refractivity (Wildman–Crippen MR) is 94.7 cm³/mol. The van der Waals surface area contributed by atoms with Gasteiger partial charge in [-0.25, -0.2) is 0 Å². The van der Waals surface area contributed by atoms with Crippen LogP contribution < -0.4 is 4.90 Å². The van der Waals surface area contributed by atoms with E-state index in [2.05, 4.69) is 5.16 Å². The molecule has 1 atom stereocenters. The fourth-order valence-corrected chi connectivity index (χ4v) is 2.65. The zero-order valence-corrected chi connectivity index (χ0v) is 14.9. The Bertz CT molecular complexity index is 684. The number of rotatable bonds is 4. The van der Waals surface area contributed by atoms with Crippen molar-refractivity contribution in [2.75, 3.05) is 11.5 Å². The third kappa shape index (κ3) is 3.55. The van der Waals surface area contributed by atoms with Gasteiger partial charge in [-0.05, 0) is 26.0 Å². The molecule has 1 aromatic carbocycles. The van der Waals surface area contributed by atoms with Gasteiger partial charge < -0.3 is 4.84 Å². The number of nitrogens with zero attached hydrogens (tertiary/aromatic N) is 2. The van der Waals surface area contributed by atoms with Gasteiger partial charge in [0.2, 0.25) is 5.91 Å². The maximum Gasteiger partial charge on any atom is 0.248 e. The number of benzene rings is 1. The van der Waals surface area contributed by atoms with Crippen LogP contribution in [-0.4, -0.2) is 24.0 Å². The average molecular weight is 328 g/mol. The molecule has 24 heavy (non-hydrogen) atoms. The lowest BCUT2D eigenvalue weighted by molar-refractivity contribution is -0.128.